The van der Waals surface area contributed by atoms with Gasteiger partial charge in [-0.25, -0.2) is 9.97 Å². The van der Waals surface area contributed by atoms with Crippen LogP contribution in [0.5, 0.6) is 0 Å². The van der Waals surface area contributed by atoms with Crippen LogP contribution in [0.3, 0.4) is 0 Å². The Hall–Kier alpha value is -2.22. The van der Waals surface area contributed by atoms with Gasteiger partial charge in [0, 0.05) is 38.4 Å². The molecule has 5 nitrogen and oxygen atoms in total. The van der Waals surface area contributed by atoms with E-state index in [-0.39, 0.29) is 11.6 Å². The van der Waals surface area contributed by atoms with E-state index < -0.39 is 11.9 Å². The third-order valence-electron chi connectivity index (χ3n) is 3.34. The highest BCUT2D eigenvalue weighted by atomic mass is 19.4. The van der Waals surface area contributed by atoms with Gasteiger partial charge in [-0.05, 0) is 12.1 Å². The monoisotopic (exact) mass is 309 g/mol. The first-order valence-corrected chi connectivity index (χ1v) is 6.87. The summed E-state index contributed by atoms with van der Waals surface area (Å²) in [6, 6.07) is 5.97. The van der Waals surface area contributed by atoms with E-state index in [0.29, 0.717) is 31.9 Å². The van der Waals surface area contributed by atoms with Crippen molar-refractivity contribution in [1.82, 2.24) is 20.3 Å². The summed E-state index contributed by atoms with van der Waals surface area (Å²) in [6.07, 6.45) is -3.02. The molecule has 2 aromatic heterocycles. The van der Waals surface area contributed by atoms with E-state index in [1.807, 2.05) is 4.90 Å². The number of hydrogen-bond donors (Lipinski definition) is 1. The third kappa shape index (κ3) is 3.16. The van der Waals surface area contributed by atoms with Crippen molar-refractivity contribution in [3.8, 4) is 11.5 Å². The molecule has 2 aromatic rings. The fraction of sp³-hybridized carbons (Fsp3) is 0.357. The quantitative estimate of drug-likeness (QED) is 0.919. The van der Waals surface area contributed by atoms with Gasteiger partial charge in [-0.15, -0.1) is 0 Å². The molecule has 1 aliphatic heterocycles. The van der Waals surface area contributed by atoms with Gasteiger partial charge in [0.1, 0.15) is 11.5 Å². The van der Waals surface area contributed by atoms with Crippen molar-refractivity contribution in [1.29, 1.82) is 0 Å². The molecule has 0 saturated carbocycles. The smallest absolute Gasteiger partial charge is 0.354 e. The molecule has 0 aliphatic carbocycles. The molecule has 3 heterocycles. The molecule has 8 heteroatoms. The summed E-state index contributed by atoms with van der Waals surface area (Å²) >= 11 is 0. The summed E-state index contributed by atoms with van der Waals surface area (Å²) in [7, 11) is 0. The number of nitrogens with zero attached hydrogens (tertiary/aromatic N) is 4. The van der Waals surface area contributed by atoms with Gasteiger partial charge in [-0.3, -0.25) is 4.98 Å². The number of pyridine rings is 1. The molecule has 1 saturated heterocycles. The predicted octanol–water partition coefficient (Wildman–Crippen LogP) is 1.97. The molecule has 0 amide bonds. The van der Waals surface area contributed by atoms with E-state index in [1.165, 1.54) is 6.20 Å². The lowest BCUT2D eigenvalue weighted by atomic mass is 10.3. The average Bonchev–Trinajstić information content (AvgIpc) is 2.55. The zero-order chi connectivity index (χ0) is 15.6. The zero-order valence-corrected chi connectivity index (χ0v) is 11.6. The normalized spacial score (nSPS) is 15.9. The standard InChI is InChI=1S/C14H14F3N5/c15-14(16,17)11-9-12(22-7-5-18-6-8-22)21-13(20-11)10-3-1-2-4-19-10/h1-4,9,18H,5-8H2. The van der Waals surface area contributed by atoms with Gasteiger partial charge in [0.05, 0.1) is 0 Å². The van der Waals surface area contributed by atoms with Crippen LogP contribution >= 0.6 is 0 Å². The fourth-order valence-electron chi connectivity index (χ4n) is 2.25. The number of alkyl halides is 3. The van der Waals surface area contributed by atoms with Gasteiger partial charge in [0.25, 0.3) is 0 Å². The van der Waals surface area contributed by atoms with Crippen molar-refractivity contribution in [3.63, 3.8) is 0 Å². The van der Waals surface area contributed by atoms with Crippen molar-refractivity contribution in [2.45, 2.75) is 6.18 Å². The molecular weight excluding hydrogens is 295 g/mol. The largest absolute Gasteiger partial charge is 0.433 e. The zero-order valence-electron chi connectivity index (χ0n) is 11.6. The van der Waals surface area contributed by atoms with Gasteiger partial charge in [0.2, 0.25) is 0 Å². The van der Waals surface area contributed by atoms with Crippen molar-refractivity contribution in [2.75, 3.05) is 31.1 Å². The average molecular weight is 309 g/mol. The summed E-state index contributed by atoms with van der Waals surface area (Å²) in [6.45, 7) is 2.64. The number of piperazine rings is 1. The number of nitrogens with one attached hydrogen (secondary N) is 1. The summed E-state index contributed by atoms with van der Waals surface area (Å²) in [4.78, 5) is 13.7. The number of halogens is 3. The van der Waals surface area contributed by atoms with Crippen LogP contribution in [0.4, 0.5) is 19.0 Å². The Kier molecular flexibility index (Phi) is 3.93. The highest BCUT2D eigenvalue weighted by Gasteiger charge is 2.34. The van der Waals surface area contributed by atoms with Crippen LogP contribution < -0.4 is 10.2 Å². The van der Waals surface area contributed by atoms with Crippen LogP contribution in [0.15, 0.2) is 30.5 Å². The highest BCUT2D eigenvalue weighted by molar-refractivity contribution is 5.54. The Bertz CT molecular complexity index is 639. The Morgan fingerprint density at radius 3 is 2.50 bits per heavy atom. The summed E-state index contributed by atoms with van der Waals surface area (Å²) in [5.41, 5.74) is -0.623. The van der Waals surface area contributed by atoms with Crippen molar-refractivity contribution in [3.05, 3.63) is 36.2 Å². The van der Waals surface area contributed by atoms with Crippen molar-refractivity contribution >= 4 is 5.82 Å². The van der Waals surface area contributed by atoms with Crippen molar-refractivity contribution < 1.29 is 13.2 Å². The van der Waals surface area contributed by atoms with E-state index in [1.54, 1.807) is 18.2 Å². The second kappa shape index (κ2) is 5.88. The van der Waals surface area contributed by atoms with E-state index in [4.69, 9.17) is 0 Å². The topological polar surface area (TPSA) is 53.9 Å². The molecular formula is C14H14F3N5. The lowest BCUT2D eigenvalue weighted by Crippen LogP contribution is -2.44. The molecule has 1 aliphatic rings. The lowest BCUT2D eigenvalue weighted by Gasteiger charge is -2.29. The fourth-order valence-corrected chi connectivity index (χ4v) is 2.25. The van der Waals surface area contributed by atoms with Gasteiger partial charge in [0.15, 0.2) is 11.5 Å². The summed E-state index contributed by atoms with van der Waals surface area (Å²) in [5, 5.41) is 3.16. The maximum atomic E-state index is 13.1. The van der Waals surface area contributed by atoms with Crippen LogP contribution in [-0.2, 0) is 6.18 Å². The van der Waals surface area contributed by atoms with E-state index >= 15 is 0 Å². The first kappa shape index (κ1) is 14.7. The van der Waals surface area contributed by atoms with Crippen LogP contribution in [0.25, 0.3) is 11.5 Å². The summed E-state index contributed by atoms with van der Waals surface area (Å²) < 4.78 is 39.3. The molecule has 0 radical (unpaired) electrons. The SMILES string of the molecule is FC(F)(F)c1cc(N2CCNCC2)nc(-c2ccccn2)n1. The van der Waals surface area contributed by atoms with E-state index in [2.05, 4.69) is 20.3 Å². The van der Waals surface area contributed by atoms with E-state index in [0.717, 1.165) is 6.07 Å². The molecule has 0 bridgehead atoms. The van der Waals surface area contributed by atoms with E-state index in [9.17, 15) is 13.2 Å². The van der Waals surface area contributed by atoms with Crippen LogP contribution in [-0.4, -0.2) is 41.1 Å². The van der Waals surface area contributed by atoms with Crippen LogP contribution in [0.2, 0.25) is 0 Å². The molecule has 0 unspecified atom stereocenters. The molecule has 22 heavy (non-hydrogen) atoms. The number of rotatable bonds is 2. The third-order valence-corrected chi connectivity index (χ3v) is 3.34. The highest BCUT2D eigenvalue weighted by Crippen LogP contribution is 2.31. The summed E-state index contributed by atoms with van der Waals surface area (Å²) in [5.74, 6) is 0.272. The van der Waals surface area contributed by atoms with Gasteiger partial charge >= 0.3 is 6.18 Å². The van der Waals surface area contributed by atoms with Gasteiger partial charge in [-0.2, -0.15) is 13.2 Å². The second-order valence-corrected chi connectivity index (χ2v) is 4.88. The maximum Gasteiger partial charge on any atom is 0.433 e. The molecule has 116 valence electrons. The Morgan fingerprint density at radius 2 is 1.86 bits per heavy atom. The molecule has 1 fully saturated rings. The minimum atomic E-state index is -4.52. The molecule has 3 rings (SSSR count). The molecule has 1 N–H and O–H groups in total. The van der Waals surface area contributed by atoms with Crippen molar-refractivity contribution in [2.24, 2.45) is 0 Å². The molecule has 0 spiro atoms. The first-order valence-electron chi connectivity index (χ1n) is 6.87. The number of aromatic nitrogens is 3. The van der Waals surface area contributed by atoms with Crippen LogP contribution in [0.1, 0.15) is 5.69 Å². The first-order chi connectivity index (χ1) is 10.5. The lowest BCUT2D eigenvalue weighted by molar-refractivity contribution is -0.141. The minimum Gasteiger partial charge on any atom is -0.354 e. The molecule has 0 aromatic carbocycles. The molecule has 0 atom stereocenters. The maximum absolute atomic E-state index is 13.1. The van der Waals surface area contributed by atoms with Crippen LogP contribution in [0, 0.1) is 0 Å². The van der Waals surface area contributed by atoms with Gasteiger partial charge < -0.3 is 10.2 Å². The number of hydrogen-bond acceptors (Lipinski definition) is 5. The minimum absolute atomic E-state index is 0.0102. The predicted molar refractivity (Wildman–Crippen MR) is 75.3 cm³/mol. The Morgan fingerprint density at radius 1 is 1.09 bits per heavy atom. The Balaban J connectivity index is 2.06. The number of anilines is 1. The van der Waals surface area contributed by atoms with Gasteiger partial charge in [-0.1, -0.05) is 6.07 Å². The second-order valence-electron chi connectivity index (χ2n) is 4.88. The Labute approximate surface area is 125 Å².